The standard InChI is InChI=1S/C17H29N3O2.HI/c1-6-18-17(20-13(5)12(3)4)19-11-14-8-9-15(21)16(10-14)22-7-2;/h8-10,12-13,21H,6-7,11H2,1-5H3,(H2,18,19,20);1H. The maximum Gasteiger partial charge on any atom is 0.191 e. The van der Waals surface area contributed by atoms with E-state index < -0.39 is 0 Å². The summed E-state index contributed by atoms with van der Waals surface area (Å²) in [7, 11) is 0. The van der Waals surface area contributed by atoms with E-state index in [0.717, 1.165) is 18.1 Å². The molecule has 132 valence electrons. The number of nitrogens with zero attached hydrogens (tertiary/aromatic N) is 1. The third kappa shape index (κ3) is 7.76. The van der Waals surface area contributed by atoms with Crippen molar-refractivity contribution < 1.29 is 9.84 Å². The quantitative estimate of drug-likeness (QED) is 0.349. The van der Waals surface area contributed by atoms with Crippen LogP contribution < -0.4 is 15.4 Å². The summed E-state index contributed by atoms with van der Waals surface area (Å²) >= 11 is 0. The van der Waals surface area contributed by atoms with Crippen molar-refractivity contribution in [3.8, 4) is 11.5 Å². The molecule has 23 heavy (non-hydrogen) atoms. The predicted molar refractivity (Wildman–Crippen MR) is 107 cm³/mol. The molecule has 0 aliphatic carbocycles. The minimum Gasteiger partial charge on any atom is -0.504 e. The highest BCUT2D eigenvalue weighted by Crippen LogP contribution is 2.27. The third-order valence-electron chi connectivity index (χ3n) is 3.45. The van der Waals surface area contributed by atoms with E-state index in [0.29, 0.717) is 30.9 Å². The number of ether oxygens (including phenoxy) is 1. The van der Waals surface area contributed by atoms with Gasteiger partial charge in [0.1, 0.15) is 0 Å². The number of guanidine groups is 1. The summed E-state index contributed by atoms with van der Waals surface area (Å²) in [4.78, 5) is 4.59. The number of hydrogen-bond acceptors (Lipinski definition) is 3. The lowest BCUT2D eigenvalue weighted by atomic mass is 10.1. The van der Waals surface area contributed by atoms with Gasteiger partial charge in [-0.3, -0.25) is 0 Å². The van der Waals surface area contributed by atoms with Crippen molar-refractivity contribution in [1.82, 2.24) is 10.6 Å². The maximum absolute atomic E-state index is 9.72. The summed E-state index contributed by atoms with van der Waals surface area (Å²) in [6.07, 6.45) is 0. The van der Waals surface area contributed by atoms with Crippen LogP contribution in [0.5, 0.6) is 11.5 Å². The molecule has 5 nitrogen and oxygen atoms in total. The average Bonchev–Trinajstić information content (AvgIpc) is 2.48. The molecule has 0 saturated heterocycles. The Hall–Kier alpha value is -1.18. The van der Waals surface area contributed by atoms with Gasteiger partial charge in [-0.1, -0.05) is 19.9 Å². The Labute approximate surface area is 156 Å². The molecule has 0 amide bonds. The first-order valence-corrected chi connectivity index (χ1v) is 7.97. The molecule has 0 spiro atoms. The summed E-state index contributed by atoms with van der Waals surface area (Å²) in [5.74, 6) is 1.99. The van der Waals surface area contributed by atoms with Crippen LogP contribution in [0, 0.1) is 5.92 Å². The van der Waals surface area contributed by atoms with E-state index in [2.05, 4.69) is 36.4 Å². The van der Waals surface area contributed by atoms with Crippen LogP contribution in [0.2, 0.25) is 0 Å². The monoisotopic (exact) mass is 435 g/mol. The number of phenols is 1. The van der Waals surface area contributed by atoms with E-state index in [1.807, 2.05) is 26.0 Å². The Kier molecular flexibility index (Phi) is 10.8. The molecule has 0 aliphatic rings. The fraction of sp³-hybridized carbons (Fsp3) is 0.588. The van der Waals surface area contributed by atoms with Crippen molar-refractivity contribution in [1.29, 1.82) is 0 Å². The fourth-order valence-electron chi connectivity index (χ4n) is 1.80. The summed E-state index contributed by atoms with van der Waals surface area (Å²) in [6, 6.07) is 5.68. The van der Waals surface area contributed by atoms with E-state index in [1.54, 1.807) is 6.07 Å². The van der Waals surface area contributed by atoms with Crippen LogP contribution in [-0.4, -0.2) is 30.3 Å². The van der Waals surface area contributed by atoms with E-state index in [9.17, 15) is 5.11 Å². The highest BCUT2D eigenvalue weighted by atomic mass is 127. The summed E-state index contributed by atoms with van der Waals surface area (Å²) in [6.45, 7) is 12.3. The molecule has 0 radical (unpaired) electrons. The molecule has 1 unspecified atom stereocenters. The topological polar surface area (TPSA) is 65.9 Å². The molecule has 1 atom stereocenters. The molecule has 0 bridgehead atoms. The Morgan fingerprint density at radius 3 is 2.52 bits per heavy atom. The number of rotatable bonds is 7. The van der Waals surface area contributed by atoms with Gasteiger partial charge in [0.05, 0.1) is 13.2 Å². The minimum atomic E-state index is 0. The number of benzene rings is 1. The van der Waals surface area contributed by atoms with Gasteiger partial charge in [-0.05, 0) is 44.4 Å². The zero-order chi connectivity index (χ0) is 16.5. The van der Waals surface area contributed by atoms with Gasteiger partial charge in [-0.2, -0.15) is 0 Å². The van der Waals surface area contributed by atoms with Crippen molar-refractivity contribution in [3.63, 3.8) is 0 Å². The normalized spacial score (nSPS) is 12.5. The Bertz CT molecular complexity index is 493. The second kappa shape index (κ2) is 11.4. The largest absolute Gasteiger partial charge is 0.504 e. The molecular formula is C17H30IN3O2. The molecule has 0 aromatic heterocycles. The van der Waals surface area contributed by atoms with Crippen LogP contribution in [0.15, 0.2) is 23.2 Å². The number of phenolic OH excluding ortho intramolecular Hbond substituents is 1. The van der Waals surface area contributed by atoms with Crippen LogP contribution in [0.4, 0.5) is 0 Å². The Balaban J connectivity index is 0.00000484. The maximum atomic E-state index is 9.72. The van der Waals surface area contributed by atoms with Crippen LogP contribution in [0.3, 0.4) is 0 Å². The molecule has 1 rings (SSSR count). The van der Waals surface area contributed by atoms with Crippen LogP contribution >= 0.6 is 24.0 Å². The van der Waals surface area contributed by atoms with Gasteiger partial charge in [0.25, 0.3) is 0 Å². The van der Waals surface area contributed by atoms with Gasteiger partial charge in [-0.15, -0.1) is 24.0 Å². The van der Waals surface area contributed by atoms with Crippen LogP contribution in [-0.2, 0) is 6.54 Å². The van der Waals surface area contributed by atoms with Crippen molar-refractivity contribution in [3.05, 3.63) is 23.8 Å². The van der Waals surface area contributed by atoms with Crippen LogP contribution in [0.25, 0.3) is 0 Å². The second-order valence-corrected chi connectivity index (χ2v) is 5.61. The molecular weight excluding hydrogens is 405 g/mol. The molecule has 6 heteroatoms. The number of nitrogens with one attached hydrogen (secondary N) is 2. The van der Waals surface area contributed by atoms with Crippen molar-refractivity contribution in [2.45, 2.75) is 47.2 Å². The smallest absolute Gasteiger partial charge is 0.191 e. The zero-order valence-corrected chi connectivity index (χ0v) is 17.0. The van der Waals surface area contributed by atoms with Crippen molar-refractivity contribution >= 4 is 29.9 Å². The molecule has 0 saturated carbocycles. The molecule has 3 N–H and O–H groups in total. The molecule has 1 aromatic rings. The van der Waals surface area contributed by atoms with Crippen LogP contribution in [0.1, 0.15) is 40.2 Å². The average molecular weight is 435 g/mol. The van der Waals surface area contributed by atoms with Crippen molar-refractivity contribution in [2.75, 3.05) is 13.2 Å². The van der Waals surface area contributed by atoms with Gasteiger partial charge < -0.3 is 20.5 Å². The summed E-state index contributed by atoms with van der Waals surface area (Å²) in [5.41, 5.74) is 0.996. The van der Waals surface area contributed by atoms with Gasteiger partial charge >= 0.3 is 0 Å². The molecule has 0 aliphatic heterocycles. The first kappa shape index (κ1) is 21.8. The highest BCUT2D eigenvalue weighted by Gasteiger charge is 2.09. The number of aliphatic imine (C=N–C) groups is 1. The molecule has 1 aromatic carbocycles. The fourth-order valence-corrected chi connectivity index (χ4v) is 1.80. The molecule has 0 heterocycles. The lowest BCUT2D eigenvalue weighted by Gasteiger charge is -2.20. The Morgan fingerprint density at radius 2 is 1.96 bits per heavy atom. The zero-order valence-electron chi connectivity index (χ0n) is 14.7. The van der Waals surface area contributed by atoms with Gasteiger partial charge in [0.15, 0.2) is 17.5 Å². The highest BCUT2D eigenvalue weighted by molar-refractivity contribution is 14.0. The third-order valence-corrected chi connectivity index (χ3v) is 3.45. The number of hydrogen-bond donors (Lipinski definition) is 3. The lowest BCUT2D eigenvalue weighted by molar-refractivity contribution is 0.318. The second-order valence-electron chi connectivity index (χ2n) is 5.61. The minimum absolute atomic E-state index is 0. The van der Waals surface area contributed by atoms with Gasteiger partial charge in [0, 0.05) is 12.6 Å². The summed E-state index contributed by atoms with van der Waals surface area (Å²) in [5, 5.41) is 16.4. The number of halogens is 1. The van der Waals surface area contributed by atoms with E-state index >= 15 is 0 Å². The van der Waals surface area contributed by atoms with Gasteiger partial charge in [0.2, 0.25) is 0 Å². The van der Waals surface area contributed by atoms with Gasteiger partial charge in [-0.25, -0.2) is 4.99 Å². The molecule has 0 fully saturated rings. The SMILES string of the molecule is CCNC(=NCc1ccc(O)c(OCC)c1)NC(C)C(C)C.I. The number of aromatic hydroxyl groups is 1. The first-order valence-electron chi connectivity index (χ1n) is 7.97. The lowest BCUT2D eigenvalue weighted by Crippen LogP contribution is -2.44. The first-order chi connectivity index (χ1) is 10.5. The van der Waals surface area contributed by atoms with E-state index in [1.165, 1.54) is 0 Å². The predicted octanol–water partition coefficient (Wildman–Crippen LogP) is 3.51. The van der Waals surface area contributed by atoms with E-state index in [4.69, 9.17) is 4.74 Å². The van der Waals surface area contributed by atoms with E-state index in [-0.39, 0.29) is 29.7 Å². The Morgan fingerprint density at radius 1 is 1.26 bits per heavy atom. The summed E-state index contributed by atoms with van der Waals surface area (Å²) < 4.78 is 5.40. The van der Waals surface area contributed by atoms with Crippen molar-refractivity contribution in [2.24, 2.45) is 10.9 Å².